The molecule has 1 aromatic rings. The first kappa shape index (κ1) is 70.7. The minimum Gasteiger partial charge on any atom is -0.380 e. The first-order chi connectivity index (χ1) is 34.8. The number of carbonyl (C=O) groups excluding carboxylic acids is 9. The highest BCUT2D eigenvalue weighted by Crippen LogP contribution is 2.25. The summed E-state index contributed by atoms with van der Waals surface area (Å²) in [4.78, 5) is 110. The average molecular weight is 1050 g/mol. The molecular weight excluding hydrogens is 949 g/mol. The number of nitrogens with zero attached hydrogens (tertiary/aromatic N) is 4. The SMILES string of the molecule is CCC.CCC(C)C(C(CC(C)=O)OC)N(C)C(=O)CNC(=O)CN(C)C.CCC(C)CCCC(C)C(OC)C(C)C(=O)N(C)CCc1cccc(NC(=O)CNC(=O)C(C)NC)c1.O=CCN1C(=O)C=CC1=O. The van der Waals surface area contributed by atoms with E-state index in [-0.39, 0.29) is 104 Å². The summed E-state index contributed by atoms with van der Waals surface area (Å²) in [5.41, 5.74) is 1.67. The van der Waals surface area contributed by atoms with Gasteiger partial charge in [-0.05, 0) is 83.3 Å². The number of aldehydes is 1. The van der Waals surface area contributed by atoms with Crippen molar-refractivity contribution in [3.63, 3.8) is 0 Å². The van der Waals surface area contributed by atoms with E-state index in [0.29, 0.717) is 30.9 Å². The van der Waals surface area contributed by atoms with Crippen LogP contribution in [-0.4, -0.2) is 179 Å². The summed E-state index contributed by atoms with van der Waals surface area (Å²) in [6.07, 6.45) is 9.99. The van der Waals surface area contributed by atoms with Gasteiger partial charge in [-0.25, -0.2) is 0 Å². The number of methoxy groups -OCH3 is 2. The van der Waals surface area contributed by atoms with Crippen LogP contribution in [0.2, 0.25) is 0 Å². The molecule has 0 spiro atoms. The van der Waals surface area contributed by atoms with Crippen molar-refractivity contribution >= 4 is 59.1 Å². The van der Waals surface area contributed by atoms with Crippen LogP contribution in [0, 0.1) is 23.7 Å². The van der Waals surface area contributed by atoms with Gasteiger partial charge >= 0.3 is 0 Å². The number of benzene rings is 1. The van der Waals surface area contributed by atoms with E-state index >= 15 is 0 Å². The Morgan fingerprint density at radius 3 is 1.91 bits per heavy atom. The fourth-order valence-corrected chi connectivity index (χ4v) is 7.80. The Labute approximate surface area is 444 Å². The van der Waals surface area contributed by atoms with Gasteiger partial charge in [0.05, 0.1) is 56.4 Å². The molecule has 19 heteroatoms. The average Bonchev–Trinajstić information content (AvgIpc) is 3.68. The molecular formula is C55H96N8O11. The largest absolute Gasteiger partial charge is 0.380 e. The van der Waals surface area contributed by atoms with Gasteiger partial charge in [-0.2, -0.15) is 0 Å². The number of ketones is 1. The number of nitrogens with one attached hydrogen (secondary N) is 4. The van der Waals surface area contributed by atoms with Crippen molar-refractivity contribution in [2.75, 3.05) is 87.5 Å². The number of amides is 7. The Morgan fingerprint density at radius 2 is 1.41 bits per heavy atom. The summed E-state index contributed by atoms with van der Waals surface area (Å²) < 4.78 is 11.3. The monoisotopic (exact) mass is 1040 g/mol. The van der Waals surface area contributed by atoms with Crippen LogP contribution in [0.15, 0.2) is 36.4 Å². The number of rotatable bonds is 30. The number of carbonyl (C=O) groups is 9. The van der Waals surface area contributed by atoms with E-state index in [1.165, 1.54) is 26.2 Å². The summed E-state index contributed by atoms with van der Waals surface area (Å²) in [5.74, 6) is -0.664. The molecule has 7 amide bonds. The molecule has 0 fully saturated rings. The number of hydrogen-bond acceptors (Lipinski definition) is 13. The molecule has 1 heterocycles. The second kappa shape index (κ2) is 40.0. The van der Waals surface area contributed by atoms with Crippen molar-refractivity contribution in [1.82, 2.24) is 35.6 Å². The van der Waals surface area contributed by atoms with Gasteiger partial charge in [-0.3, -0.25) is 43.3 Å². The molecule has 1 aliphatic rings. The Bertz CT molecular complexity index is 1880. The summed E-state index contributed by atoms with van der Waals surface area (Å²) in [6.45, 7) is 20.7. The van der Waals surface area contributed by atoms with Gasteiger partial charge in [0.15, 0.2) is 0 Å². The molecule has 1 aliphatic heterocycles. The Kier molecular flexibility index (Phi) is 38.2. The molecule has 0 aromatic heterocycles. The molecule has 74 heavy (non-hydrogen) atoms. The molecule has 19 nitrogen and oxygen atoms in total. The van der Waals surface area contributed by atoms with E-state index in [1.54, 1.807) is 64.0 Å². The van der Waals surface area contributed by atoms with Crippen LogP contribution in [0.4, 0.5) is 5.69 Å². The van der Waals surface area contributed by atoms with E-state index in [2.05, 4.69) is 55.9 Å². The zero-order valence-electron chi connectivity index (χ0n) is 48.1. The van der Waals surface area contributed by atoms with Crippen LogP contribution in [0.1, 0.15) is 120 Å². The first-order valence-electron chi connectivity index (χ1n) is 26.1. The maximum Gasteiger partial charge on any atom is 0.254 e. The Hall–Kier alpha value is -5.37. The number of Topliss-reactive ketones (excluding diaryl/α,β-unsaturated/α-hetero) is 1. The summed E-state index contributed by atoms with van der Waals surface area (Å²) in [7, 11) is 12.1. The molecule has 2 rings (SSSR count). The van der Waals surface area contributed by atoms with Crippen LogP contribution in [0.5, 0.6) is 0 Å². The van der Waals surface area contributed by atoms with E-state index in [9.17, 15) is 43.2 Å². The number of hydrogen-bond donors (Lipinski definition) is 4. The topological polar surface area (TPSA) is 233 Å². The predicted molar refractivity (Wildman–Crippen MR) is 292 cm³/mol. The third kappa shape index (κ3) is 28.9. The highest BCUT2D eigenvalue weighted by molar-refractivity contribution is 6.13. The minimum absolute atomic E-state index is 0.0234. The smallest absolute Gasteiger partial charge is 0.254 e. The Balaban J connectivity index is 0. The van der Waals surface area contributed by atoms with Gasteiger partial charge < -0.3 is 50.2 Å². The molecule has 422 valence electrons. The normalized spacial score (nSPS) is 14.9. The lowest BCUT2D eigenvalue weighted by Gasteiger charge is -2.37. The third-order valence-electron chi connectivity index (χ3n) is 12.6. The number of imide groups is 1. The standard InChI is InChI=1S/C29H50N4O4.C17H33N3O4.C6H5NO3.C3H8/c1-9-20(2)12-10-13-21(3)27(37-8)22(4)29(36)33(7)17-16-24-14-11-15-25(18-24)32-26(34)19-31-28(35)23(5)30-6;1-8-12(2)17(14(24-7)9-13(3)21)20(6)16(23)10-18-15(22)11-19(4)5;8-4-3-7-5(9)1-2-6(7)10;1-3-2/h11,14-15,18,20-23,27,30H,9-10,12-13,16-17,19H2,1-8H3,(H,31,35)(H,32,34);12,14,17H,8-11H2,1-7H3,(H,18,22);1-2,4H,3H2;3H2,1-2H3. The van der Waals surface area contributed by atoms with Crippen LogP contribution in [0.3, 0.4) is 0 Å². The van der Waals surface area contributed by atoms with E-state index in [1.807, 2.05) is 52.1 Å². The first-order valence-corrected chi connectivity index (χ1v) is 26.1. The molecule has 0 aliphatic carbocycles. The van der Waals surface area contributed by atoms with Gasteiger partial charge in [0.1, 0.15) is 12.1 Å². The zero-order chi connectivity index (χ0) is 57.1. The molecule has 0 bridgehead atoms. The van der Waals surface area contributed by atoms with Crippen LogP contribution in [0.25, 0.3) is 0 Å². The lowest BCUT2D eigenvalue weighted by molar-refractivity contribution is -0.140. The lowest BCUT2D eigenvalue weighted by Crippen LogP contribution is -2.52. The maximum absolute atomic E-state index is 13.2. The summed E-state index contributed by atoms with van der Waals surface area (Å²) in [6, 6.07) is 6.97. The maximum atomic E-state index is 13.2. The van der Waals surface area contributed by atoms with Crippen molar-refractivity contribution in [1.29, 1.82) is 0 Å². The quantitative estimate of drug-likeness (QED) is 0.0594. The minimum atomic E-state index is -0.419. The van der Waals surface area contributed by atoms with Gasteiger partial charge in [0, 0.05) is 59.1 Å². The molecule has 0 saturated heterocycles. The highest BCUT2D eigenvalue weighted by Gasteiger charge is 2.34. The van der Waals surface area contributed by atoms with E-state index < -0.39 is 11.8 Å². The fraction of sp³-hybridized carbons (Fsp3) is 0.691. The van der Waals surface area contributed by atoms with Gasteiger partial charge in [-0.15, -0.1) is 0 Å². The van der Waals surface area contributed by atoms with Gasteiger partial charge in [0.25, 0.3) is 11.8 Å². The Morgan fingerprint density at radius 1 is 0.797 bits per heavy atom. The van der Waals surface area contributed by atoms with Crippen LogP contribution < -0.4 is 21.3 Å². The molecule has 0 saturated carbocycles. The van der Waals surface area contributed by atoms with Crippen molar-refractivity contribution in [3.05, 3.63) is 42.0 Å². The van der Waals surface area contributed by atoms with Crippen LogP contribution in [-0.2, 0) is 59.0 Å². The second-order valence-electron chi connectivity index (χ2n) is 19.5. The number of likely N-dealkylation sites (N-methyl/N-ethyl adjacent to an activating group) is 4. The van der Waals surface area contributed by atoms with Gasteiger partial charge in [0.2, 0.25) is 29.5 Å². The van der Waals surface area contributed by atoms with Crippen LogP contribution >= 0.6 is 0 Å². The molecule has 8 unspecified atom stereocenters. The molecule has 8 atom stereocenters. The second-order valence-corrected chi connectivity index (χ2v) is 19.5. The molecule has 0 radical (unpaired) electrons. The molecule has 1 aromatic carbocycles. The van der Waals surface area contributed by atoms with E-state index in [0.717, 1.165) is 47.8 Å². The fourth-order valence-electron chi connectivity index (χ4n) is 7.80. The van der Waals surface area contributed by atoms with E-state index in [4.69, 9.17) is 9.47 Å². The summed E-state index contributed by atoms with van der Waals surface area (Å²) >= 11 is 0. The van der Waals surface area contributed by atoms with Crippen molar-refractivity contribution in [2.24, 2.45) is 23.7 Å². The summed E-state index contributed by atoms with van der Waals surface area (Å²) in [5, 5.41) is 10.9. The van der Waals surface area contributed by atoms with Crippen molar-refractivity contribution < 1.29 is 52.6 Å². The van der Waals surface area contributed by atoms with Crippen molar-refractivity contribution in [3.8, 4) is 0 Å². The lowest BCUT2D eigenvalue weighted by atomic mass is 9.87. The highest BCUT2D eigenvalue weighted by atomic mass is 16.5. The third-order valence-corrected chi connectivity index (χ3v) is 12.6. The molecule has 4 N–H and O–H groups in total. The van der Waals surface area contributed by atoms with Crippen molar-refractivity contribution in [2.45, 2.75) is 145 Å². The number of ether oxygens (including phenoxy) is 2. The number of anilines is 1. The van der Waals surface area contributed by atoms with Gasteiger partial charge in [-0.1, -0.05) is 99.6 Å². The zero-order valence-corrected chi connectivity index (χ0v) is 48.1. The predicted octanol–water partition coefficient (Wildman–Crippen LogP) is 4.91.